The van der Waals surface area contributed by atoms with Crippen LogP contribution < -0.4 is 10.2 Å². The highest BCUT2D eigenvalue weighted by molar-refractivity contribution is 5.96. The number of benzene rings is 1. The van der Waals surface area contributed by atoms with E-state index >= 15 is 0 Å². The van der Waals surface area contributed by atoms with Crippen molar-refractivity contribution in [2.24, 2.45) is 5.92 Å². The number of fused-ring (bicyclic) bond motifs is 1. The number of carbonyl (C=O) groups is 1. The van der Waals surface area contributed by atoms with Gasteiger partial charge in [-0.05, 0) is 56.8 Å². The molecule has 0 saturated carbocycles. The van der Waals surface area contributed by atoms with Crippen molar-refractivity contribution in [3.63, 3.8) is 0 Å². The molecule has 0 bridgehead atoms. The molecule has 1 aromatic carbocycles. The molecule has 1 fully saturated rings. The first-order valence-electron chi connectivity index (χ1n) is 7.46. The van der Waals surface area contributed by atoms with Crippen LogP contribution in [0, 0.1) is 5.92 Å². The second-order valence-corrected chi connectivity index (χ2v) is 5.60. The van der Waals surface area contributed by atoms with Crippen molar-refractivity contribution in [2.75, 3.05) is 24.5 Å². The standard InChI is InChI=1S/C16H22N2O/c19-16(14-8-10-17-11-9-14)18-12-4-3-6-13-5-1-2-7-15(13)18/h1-2,5,7,14,17H,3-4,6,8-12H2. The molecule has 19 heavy (non-hydrogen) atoms. The van der Waals surface area contributed by atoms with Gasteiger partial charge in [0.2, 0.25) is 5.91 Å². The Bertz CT molecular complexity index is 452. The van der Waals surface area contributed by atoms with Gasteiger partial charge < -0.3 is 10.2 Å². The van der Waals surface area contributed by atoms with Gasteiger partial charge in [0.05, 0.1) is 0 Å². The maximum Gasteiger partial charge on any atom is 0.230 e. The van der Waals surface area contributed by atoms with Gasteiger partial charge in [0.25, 0.3) is 0 Å². The Hall–Kier alpha value is -1.35. The normalized spacial score (nSPS) is 20.7. The van der Waals surface area contributed by atoms with E-state index in [9.17, 15) is 4.79 Å². The summed E-state index contributed by atoms with van der Waals surface area (Å²) in [5.41, 5.74) is 2.49. The van der Waals surface area contributed by atoms with Crippen LogP contribution in [-0.4, -0.2) is 25.5 Å². The summed E-state index contributed by atoms with van der Waals surface area (Å²) >= 11 is 0. The van der Waals surface area contributed by atoms with E-state index in [4.69, 9.17) is 0 Å². The maximum atomic E-state index is 12.8. The molecule has 0 spiro atoms. The second-order valence-electron chi connectivity index (χ2n) is 5.60. The number of piperidine rings is 1. The van der Waals surface area contributed by atoms with Gasteiger partial charge in [-0.2, -0.15) is 0 Å². The summed E-state index contributed by atoms with van der Waals surface area (Å²) in [4.78, 5) is 14.8. The lowest BCUT2D eigenvalue weighted by molar-refractivity contribution is -0.123. The van der Waals surface area contributed by atoms with Crippen molar-refractivity contribution in [1.29, 1.82) is 0 Å². The highest BCUT2D eigenvalue weighted by Gasteiger charge is 2.28. The summed E-state index contributed by atoms with van der Waals surface area (Å²) in [5, 5.41) is 3.33. The van der Waals surface area contributed by atoms with Crippen molar-refractivity contribution >= 4 is 11.6 Å². The van der Waals surface area contributed by atoms with Gasteiger partial charge in [0.15, 0.2) is 0 Å². The summed E-state index contributed by atoms with van der Waals surface area (Å²) in [5.74, 6) is 0.559. The predicted molar refractivity (Wildman–Crippen MR) is 77.3 cm³/mol. The van der Waals surface area contributed by atoms with Gasteiger partial charge in [0.1, 0.15) is 0 Å². The molecule has 0 atom stereocenters. The molecule has 1 amide bonds. The zero-order valence-electron chi connectivity index (χ0n) is 11.4. The fraction of sp³-hybridized carbons (Fsp3) is 0.562. The monoisotopic (exact) mass is 258 g/mol. The lowest BCUT2D eigenvalue weighted by atomic mass is 9.96. The van der Waals surface area contributed by atoms with Crippen LogP contribution >= 0.6 is 0 Å². The molecule has 0 aromatic heterocycles. The van der Waals surface area contributed by atoms with E-state index in [2.05, 4.69) is 28.4 Å². The van der Waals surface area contributed by atoms with Crippen molar-refractivity contribution in [1.82, 2.24) is 5.32 Å². The summed E-state index contributed by atoms with van der Waals surface area (Å²) in [6, 6.07) is 8.41. The minimum atomic E-state index is 0.215. The molecule has 3 nitrogen and oxygen atoms in total. The van der Waals surface area contributed by atoms with Crippen molar-refractivity contribution in [3.8, 4) is 0 Å². The topological polar surface area (TPSA) is 32.3 Å². The molecule has 2 aliphatic heterocycles. The number of carbonyl (C=O) groups excluding carboxylic acids is 1. The first-order chi connectivity index (χ1) is 9.36. The molecule has 102 valence electrons. The van der Waals surface area contributed by atoms with E-state index < -0.39 is 0 Å². The minimum Gasteiger partial charge on any atom is -0.317 e. The van der Waals surface area contributed by atoms with Crippen LogP contribution in [0.15, 0.2) is 24.3 Å². The largest absolute Gasteiger partial charge is 0.317 e. The first-order valence-corrected chi connectivity index (χ1v) is 7.46. The number of amides is 1. The number of aryl methyl sites for hydroxylation is 1. The predicted octanol–water partition coefficient (Wildman–Crippen LogP) is 2.36. The zero-order chi connectivity index (χ0) is 13.1. The third-order valence-corrected chi connectivity index (χ3v) is 4.31. The number of nitrogens with one attached hydrogen (secondary N) is 1. The Morgan fingerprint density at radius 2 is 1.95 bits per heavy atom. The van der Waals surface area contributed by atoms with Gasteiger partial charge in [-0.3, -0.25) is 4.79 Å². The number of nitrogens with zero attached hydrogens (tertiary/aromatic N) is 1. The number of rotatable bonds is 1. The van der Waals surface area contributed by atoms with Crippen LogP contribution in [0.2, 0.25) is 0 Å². The smallest absolute Gasteiger partial charge is 0.230 e. The van der Waals surface area contributed by atoms with Gasteiger partial charge in [-0.15, -0.1) is 0 Å². The molecule has 3 heteroatoms. The first kappa shape index (κ1) is 12.7. The number of hydrogen-bond acceptors (Lipinski definition) is 2. The van der Waals surface area contributed by atoms with Gasteiger partial charge >= 0.3 is 0 Å². The average Bonchev–Trinajstić information content (AvgIpc) is 2.70. The summed E-state index contributed by atoms with van der Waals surface area (Å²) in [7, 11) is 0. The Morgan fingerprint density at radius 1 is 1.16 bits per heavy atom. The van der Waals surface area contributed by atoms with Crippen LogP contribution in [0.1, 0.15) is 31.2 Å². The SMILES string of the molecule is O=C(C1CCNCC1)N1CCCCc2ccccc21. The van der Waals surface area contributed by atoms with Gasteiger partial charge in [0, 0.05) is 18.2 Å². The quantitative estimate of drug-likeness (QED) is 0.838. The second kappa shape index (κ2) is 5.74. The highest BCUT2D eigenvalue weighted by Crippen LogP contribution is 2.28. The molecule has 3 rings (SSSR count). The van der Waals surface area contributed by atoms with Gasteiger partial charge in [-0.1, -0.05) is 18.2 Å². The van der Waals surface area contributed by atoms with Crippen molar-refractivity contribution < 1.29 is 4.79 Å². The fourth-order valence-electron chi connectivity index (χ4n) is 3.21. The number of hydrogen-bond donors (Lipinski definition) is 1. The molecule has 2 heterocycles. The van der Waals surface area contributed by atoms with Crippen molar-refractivity contribution in [2.45, 2.75) is 32.1 Å². The van der Waals surface area contributed by atoms with Crippen LogP contribution in [0.4, 0.5) is 5.69 Å². The number of anilines is 1. The van der Waals surface area contributed by atoms with E-state index in [1.54, 1.807) is 0 Å². The fourth-order valence-corrected chi connectivity index (χ4v) is 3.21. The van der Waals surface area contributed by atoms with E-state index in [0.29, 0.717) is 5.91 Å². The zero-order valence-corrected chi connectivity index (χ0v) is 11.4. The Balaban J connectivity index is 1.84. The summed E-state index contributed by atoms with van der Waals surface area (Å²) < 4.78 is 0. The molecular formula is C16H22N2O. The van der Waals surface area contributed by atoms with E-state index in [0.717, 1.165) is 51.0 Å². The number of para-hydroxylation sites is 1. The Labute approximate surface area is 115 Å². The lowest BCUT2D eigenvalue weighted by Crippen LogP contribution is -2.41. The molecule has 0 radical (unpaired) electrons. The van der Waals surface area contributed by atoms with Gasteiger partial charge in [-0.25, -0.2) is 0 Å². The maximum absolute atomic E-state index is 12.8. The van der Waals surface area contributed by atoms with Crippen LogP contribution in [-0.2, 0) is 11.2 Å². The van der Waals surface area contributed by atoms with Crippen LogP contribution in [0.3, 0.4) is 0 Å². The van der Waals surface area contributed by atoms with E-state index in [1.165, 1.54) is 12.0 Å². The molecule has 1 N–H and O–H groups in total. The highest BCUT2D eigenvalue weighted by atomic mass is 16.2. The molecule has 0 aliphatic carbocycles. The Kier molecular flexibility index (Phi) is 3.83. The van der Waals surface area contributed by atoms with Crippen LogP contribution in [0.5, 0.6) is 0 Å². The molecule has 1 aromatic rings. The lowest BCUT2D eigenvalue weighted by Gasteiger charge is -2.29. The third-order valence-electron chi connectivity index (χ3n) is 4.31. The summed E-state index contributed by atoms with van der Waals surface area (Å²) in [6.45, 7) is 2.84. The molecule has 1 saturated heterocycles. The Morgan fingerprint density at radius 3 is 2.79 bits per heavy atom. The van der Waals surface area contributed by atoms with E-state index in [1.807, 2.05) is 6.07 Å². The van der Waals surface area contributed by atoms with E-state index in [-0.39, 0.29) is 5.92 Å². The van der Waals surface area contributed by atoms with Crippen LogP contribution in [0.25, 0.3) is 0 Å². The molecular weight excluding hydrogens is 236 g/mol. The third kappa shape index (κ3) is 2.66. The summed E-state index contributed by atoms with van der Waals surface area (Å²) in [6.07, 6.45) is 5.37. The minimum absolute atomic E-state index is 0.215. The van der Waals surface area contributed by atoms with Crippen molar-refractivity contribution in [3.05, 3.63) is 29.8 Å². The average molecular weight is 258 g/mol. The molecule has 0 unspecified atom stereocenters. The molecule has 2 aliphatic rings.